The van der Waals surface area contributed by atoms with E-state index in [1.54, 1.807) is 11.3 Å². The molecule has 0 N–H and O–H groups in total. The summed E-state index contributed by atoms with van der Waals surface area (Å²) < 4.78 is 0. The van der Waals surface area contributed by atoms with Gasteiger partial charge in [0.15, 0.2) is 0 Å². The standard InChI is InChI=1S/C9H19N.C5H12.C4H4S.C2H6/c1-9(2,3)8-6-5-7-10(8)4;1-5(2,3)4;1-2-4-5-3-1;1-2/h8H,5-7H2,1-4H3;1-4H3;1-4H;1-2H3. The van der Waals surface area contributed by atoms with Gasteiger partial charge in [-0.3, -0.25) is 0 Å². The largest absolute Gasteiger partial charge is 0.303 e. The van der Waals surface area contributed by atoms with E-state index in [-0.39, 0.29) is 0 Å². The normalized spacial score (nSPS) is 18.2. The van der Waals surface area contributed by atoms with Crippen LogP contribution >= 0.6 is 11.3 Å². The summed E-state index contributed by atoms with van der Waals surface area (Å²) in [6.45, 7) is 21.0. The van der Waals surface area contributed by atoms with E-state index in [1.807, 2.05) is 36.7 Å². The van der Waals surface area contributed by atoms with Gasteiger partial charge in [-0.05, 0) is 48.0 Å². The Bertz CT molecular complexity index is 293. The van der Waals surface area contributed by atoms with Gasteiger partial charge in [-0.1, -0.05) is 74.4 Å². The van der Waals surface area contributed by atoms with Crippen LogP contribution in [0.15, 0.2) is 22.9 Å². The van der Waals surface area contributed by atoms with Crippen molar-refractivity contribution in [2.45, 2.75) is 81.2 Å². The molecule has 0 aliphatic carbocycles. The first-order chi connectivity index (χ1) is 10.0. The van der Waals surface area contributed by atoms with Crippen molar-refractivity contribution < 1.29 is 0 Å². The number of rotatable bonds is 0. The van der Waals surface area contributed by atoms with Gasteiger partial charge in [-0.15, -0.1) is 0 Å². The highest BCUT2D eigenvalue weighted by molar-refractivity contribution is 7.07. The van der Waals surface area contributed by atoms with E-state index >= 15 is 0 Å². The summed E-state index contributed by atoms with van der Waals surface area (Å²) in [5.74, 6) is 0. The van der Waals surface area contributed by atoms with E-state index in [0.29, 0.717) is 10.8 Å². The molecule has 1 fully saturated rings. The Kier molecular flexibility index (Phi) is 13.2. The van der Waals surface area contributed by atoms with Crippen molar-refractivity contribution in [1.29, 1.82) is 0 Å². The van der Waals surface area contributed by atoms with Gasteiger partial charge in [0.05, 0.1) is 0 Å². The molecule has 1 aliphatic rings. The SMILES string of the molecule is CC.CC(C)(C)C.CN1CCCC1C(C)(C)C.c1ccsc1. The van der Waals surface area contributed by atoms with Crippen LogP contribution in [0.1, 0.15) is 75.2 Å². The summed E-state index contributed by atoms with van der Waals surface area (Å²) in [6.07, 6.45) is 2.78. The van der Waals surface area contributed by atoms with Gasteiger partial charge >= 0.3 is 0 Å². The second-order valence-corrected chi connectivity index (χ2v) is 9.11. The molecule has 0 radical (unpaired) electrons. The molecule has 1 atom stereocenters. The van der Waals surface area contributed by atoms with Crippen molar-refractivity contribution >= 4 is 11.3 Å². The summed E-state index contributed by atoms with van der Waals surface area (Å²) in [7, 11) is 2.24. The van der Waals surface area contributed by atoms with E-state index in [1.165, 1.54) is 19.4 Å². The second-order valence-electron chi connectivity index (χ2n) is 8.30. The number of thiophene rings is 1. The number of hydrogen-bond donors (Lipinski definition) is 0. The minimum atomic E-state index is 0.477. The van der Waals surface area contributed by atoms with Gasteiger partial charge in [-0.2, -0.15) is 11.3 Å². The van der Waals surface area contributed by atoms with Gasteiger partial charge < -0.3 is 4.90 Å². The van der Waals surface area contributed by atoms with Crippen molar-refractivity contribution in [2.75, 3.05) is 13.6 Å². The molecule has 0 bridgehead atoms. The average molecular weight is 328 g/mol. The Morgan fingerprint density at radius 3 is 1.45 bits per heavy atom. The molecule has 1 saturated heterocycles. The third kappa shape index (κ3) is 16.0. The smallest absolute Gasteiger partial charge is 0.0141 e. The summed E-state index contributed by atoms with van der Waals surface area (Å²) in [5, 5.41) is 4.08. The van der Waals surface area contributed by atoms with Crippen molar-refractivity contribution in [3.05, 3.63) is 22.9 Å². The zero-order chi connectivity index (χ0) is 17.8. The van der Waals surface area contributed by atoms with E-state index in [0.717, 1.165) is 6.04 Å². The van der Waals surface area contributed by atoms with Gasteiger partial charge in [0.2, 0.25) is 0 Å². The molecule has 0 saturated carbocycles. The van der Waals surface area contributed by atoms with Crippen LogP contribution in [0.5, 0.6) is 0 Å². The average Bonchev–Trinajstić information content (AvgIpc) is 3.01. The third-order valence-corrected chi connectivity index (χ3v) is 3.57. The number of hydrogen-bond acceptors (Lipinski definition) is 2. The van der Waals surface area contributed by atoms with Crippen molar-refractivity contribution in [3.63, 3.8) is 0 Å². The first-order valence-corrected chi connectivity index (χ1v) is 9.63. The van der Waals surface area contributed by atoms with E-state index in [9.17, 15) is 0 Å². The van der Waals surface area contributed by atoms with Crippen LogP contribution in [-0.2, 0) is 0 Å². The van der Waals surface area contributed by atoms with E-state index < -0.39 is 0 Å². The lowest BCUT2D eigenvalue weighted by molar-refractivity contribution is 0.169. The van der Waals surface area contributed by atoms with Gasteiger partial charge in [0.25, 0.3) is 0 Å². The van der Waals surface area contributed by atoms with Crippen LogP contribution in [0.4, 0.5) is 0 Å². The highest BCUT2D eigenvalue weighted by Crippen LogP contribution is 2.31. The predicted molar refractivity (Wildman–Crippen MR) is 106 cm³/mol. The highest BCUT2D eigenvalue weighted by atomic mass is 32.1. The van der Waals surface area contributed by atoms with Crippen molar-refractivity contribution in [3.8, 4) is 0 Å². The molecule has 2 heterocycles. The summed E-state index contributed by atoms with van der Waals surface area (Å²) in [4.78, 5) is 2.49. The van der Waals surface area contributed by atoms with Crippen molar-refractivity contribution in [2.24, 2.45) is 10.8 Å². The zero-order valence-electron chi connectivity index (χ0n) is 16.9. The third-order valence-electron chi connectivity index (χ3n) is 2.95. The fourth-order valence-electron chi connectivity index (χ4n) is 2.23. The molecule has 2 heteroatoms. The molecular weight excluding hydrogens is 286 g/mol. The summed E-state index contributed by atoms with van der Waals surface area (Å²) in [5.41, 5.74) is 0.977. The van der Waals surface area contributed by atoms with E-state index in [2.05, 4.69) is 60.4 Å². The lowest BCUT2D eigenvalue weighted by atomic mass is 9.85. The Morgan fingerprint density at radius 1 is 0.909 bits per heavy atom. The molecule has 2 rings (SSSR count). The topological polar surface area (TPSA) is 3.24 Å². The zero-order valence-corrected chi connectivity index (χ0v) is 17.7. The fraction of sp³-hybridized carbons (Fsp3) is 0.800. The van der Waals surface area contributed by atoms with Gasteiger partial charge in [-0.25, -0.2) is 0 Å². The Labute approximate surface area is 145 Å². The Morgan fingerprint density at radius 2 is 1.32 bits per heavy atom. The highest BCUT2D eigenvalue weighted by Gasteiger charge is 2.31. The van der Waals surface area contributed by atoms with Crippen LogP contribution in [0.25, 0.3) is 0 Å². The van der Waals surface area contributed by atoms with Gasteiger partial charge in [0, 0.05) is 6.04 Å². The molecule has 22 heavy (non-hydrogen) atoms. The molecule has 0 amide bonds. The lowest BCUT2D eigenvalue weighted by Gasteiger charge is -2.32. The molecule has 132 valence electrons. The molecule has 0 spiro atoms. The van der Waals surface area contributed by atoms with E-state index in [4.69, 9.17) is 0 Å². The Hall–Kier alpha value is -0.340. The maximum Gasteiger partial charge on any atom is 0.0141 e. The van der Waals surface area contributed by atoms with Gasteiger partial charge in [0.1, 0.15) is 0 Å². The van der Waals surface area contributed by atoms with Crippen LogP contribution in [0.3, 0.4) is 0 Å². The van der Waals surface area contributed by atoms with Crippen LogP contribution in [0, 0.1) is 10.8 Å². The molecule has 1 aromatic rings. The Balaban J connectivity index is 0. The lowest BCUT2D eigenvalue weighted by Crippen LogP contribution is -2.36. The quantitative estimate of drug-likeness (QED) is 0.498. The summed E-state index contributed by atoms with van der Waals surface area (Å²) in [6, 6.07) is 4.85. The molecule has 1 unspecified atom stereocenters. The van der Waals surface area contributed by atoms with Crippen LogP contribution in [0.2, 0.25) is 0 Å². The number of likely N-dealkylation sites (tertiary alicyclic amines) is 1. The first kappa shape index (κ1) is 23.9. The molecule has 1 aliphatic heterocycles. The minimum absolute atomic E-state index is 0.477. The minimum Gasteiger partial charge on any atom is -0.303 e. The number of nitrogens with zero attached hydrogens (tertiary/aromatic N) is 1. The molecular formula is C20H41NS. The van der Waals surface area contributed by atoms with Crippen molar-refractivity contribution in [1.82, 2.24) is 4.90 Å². The van der Waals surface area contributed by atoms with Crippen LogP contribution < -0.4 is 0 Å². The monoisotopic (exact) mass is 327 g/mol. The summed E-state index contributed by atoms with van der Waals surface area (Å²) >= 11 is 1.71. The molecule has 1 aromatic heterocycles. The van der Waals surface area contributed by atoms with Crippen LogP contribution in [-0.4, -0.2) is 24.5 Å². The second kappa shape index (κ2) is 12.1. The predicted octanol–water partition coefficient (Wildman–Crippen LogP) is 6.95. The maximum absolute atomic E-state index is 2.49. The molecule has 0 aromatic carbocycles. The first-order valence-electron chi connectivity index (χ1n) is 8.69. The fourth-order valence-corrected chi connectivity index (χ4v) is 2.68. The maximum atomic E-state index is 2.49. The molecule has 1 nitrogen and oxygen atoms in total.